The molecule has 1 fully saturated rings. The van der Waals surface area contributed by atoms with Crippen molar-refractivity contribution in [2.75, 3.05) is 33.3 Å². The lowest BCUT2D eigenvalue weighted by atomic mass is 10.1. The summed E-state index contributed by atoms with van der Waals surface area (Å²) in [6.45, 7) is 6.99. The lowest BCUT2D eigenvalue weighted by Gasteiger charge is -2.39. The number of thiocarbonyl (C=S) groups is 1. The molecule has 6 heteroatoms. The minimum atomic E-state index is -0.367. The normalized spacial score (nSPS) is 20.1. The van der Waals surface area contributed by atoms with Gasteiger partial charge in [0.15, 0.2) is 0 Å². The van der Waals surface area contributed by atoms with Gasteiger partial charge < -0.3 is 15.4 Å². The molecule has 1 saturated heterocycles. The van der Waals surface area contributed by atoms with E-state index in [1.807, 2.05) is 4.90 Å². The Kier molecular flexibility index (Phi) is 6.68. The van der Waals surface area contributed by atoms with Crippen LogP contribution in [0.4, 0.5) is 0 Å². The molecule has 2 atom stereocenters. The van der Waals surface area contributed by atoms with E-state index in [0.29, 0.717) is 4.99 Å². The highest BCUT2D eigenvalue weighted by atomic mass is 32.1. The first kappa shape index (κ1) is 16.3. The highest BCUT2D eigenvalue weighted by molar-refractivity contribution is 7.80. The van der Waals surface area contributed by atoms with Gasteiger partial charge in [-0.25, -0.2) is 0 Å². The quantitative estimate of drug-likeness (QED) is 0.726. The largest absolute Gasteiger partial charge is 0.392 e. The Bertz CT molecular complexity index is 317. The Labute approximate surface area is 121 Å². The lowest BCUT2D eigenvalue weighted by molar-refractivity contribution is -0.142. The molecule has 0 aliphatic carbocycles. The molecule has 0 radical (unpaired) electrons. The zero-order valence-corrected chi connectivity index (χ0v) is 12.9. The van der Waals surface area contributed by atoms with E-state index in [1.165, 1.54) is 0 Å². The highest BCUT2D eigenvalue weighted by Crippen LogP contribution is 2.12. The molecule has 1 rings (SSSR count). The number of nitrogens with zero attached hydrogens (tertiary/aromatic N) is 2. The molecule has 0 aromatic carbocycles. The Morgan fingerprint density at radius 3 is 2.37 bits per heavy atom. The molecule has 0 aromatic heterocycles. The molecular formula is C13H25N3O2S. The van der Waals surface area contributed by atoms with Gasteiger partial charge in [0.1, 0.15) is 6.10 Å². The summed E-state index contributed by atoms with van der Waals surface area (Å²) in [5.41, 5.74) is 5.81. The maximum absolute atomic E-state index is 12.0. The van der Waals surface area contributed by atoms with Crippen molar-refractivity contribution in [1.29, 1.82) is 0 Å². The van der Waals surface area contributed by atoms with E-state index >= 15 is 0 Å². The van der Waals surface area contributed by atoms with E-state index in [4.69, 9.17) is 22.7 Å². The maximum Gasteiger partial charge on any atom is 0.251 e. The molecule has 0 aromatic rings. The zero-order valence-electron chi connectivity index (χ0n) is 12.1. The minimum Gasteiger partial charge on any atom is -0.392 e. The van der Waals surface area contributed by atoms with Crippen molar-refractivity contribution in [2.45, 2.75) is 38.8 Å². The molecular weight excluding hydrogens is 262 g/mol. The van der Waals surface area contributed by atoms with Gasteiger partial charge in [-0.1, -0.05) is 25.6 Å². The fourth-order valence-electron chi connectivity index (χ4n) is 2.39. The number of hydrogen-bond donors (Lipinski definition) is 1. The van der Waals surface area contributed by atoms with Crippen LogP contribution in [0.5, 0.6) is 0 Å². The third kappa shape index (κ3) is 4.40. The molecule has 2 unspecified atom stereocenters. The van der Waals surface area contributed by atoms with Crippen molar-refractivity contribution in [2.24, 2.45) is 5.73 Å². The molecule has 5 nitrogen and oxygen atoms in total. The SMILES string of the molecule is CCCC(C(N)=S)N1CCN(C(=O)C(C)OC)CC1. The van der Waals surface area contributed by atoms with E-state index in [2.05, 4.69) is 11.8 Å². The number of amides is 1. The van der Waals surface area contributed by atoms with Gasteiger partial charge in [-0.05, 0) is 13.3 Å². The molecule has 1 aliphatic heterocycles. The molecule has 1 amide bonds. The van der Waals surface area contributed by atoms with Crippen LogP contribution in [0, 0.1) is 0 Å². The summed E-state index contributed by atoms with van der Waals surface area (Å²) < 4.78 is 5.07. The Balaban J connectivity index is 2.52. The van der Waals surface area contributed by atoms with Crippen LogP contribution in [0.15, 0.2) is 0 Å². The molecule has 1 heterocycles. The van der Waals surface area contributed by atoms with Crippen LogP contribution in [0.25, 0.3) is 0 Å². The van der Waals surface area contributed by atoms with E-state index in [-0.39, 0.29) is 18.1 Å². The second-order valence-electron chi connectivity index (χ2n) is 4.95. The molecule has 2 N–H and O–H groups in total. The van der Waals surface area contributed by atoms with E-state index in [1.54, 1.807) is 14.0 Å². The van der Waals surface area contributed by atoms with Gasteiger partial charge in [-0.15, -0.1) is 0 Å². The van der Waals surface area contributed by atoms with Crippen LogP contribution in [-0.4, -0.2) is 66.1 Å². The second-order valence-corrected chi connectivity index (χ2v) is 5.42. The van der Waals surface area contributed by atoms with Gasteiger partial charge in [-0.2, -0.15) is 0 Å². The van der Waals surface area contributed by atoms with Crippen molar-refractivity contribution in [3.05, 3.63) is 0 Å². The second kappa shape index (κ2) is 7.77. The minimum absolute atomic E-state index is 0.0597. The average molecular weight is 287 g/mol. The Hall–Kier alpha value is -0.720. The number of nitrogens with two attached hydrogens (primary N) is 1. The fourth-order valence-corrected chi connectivity index (χ4v) is 2.66. The van der Waals surface area contributed by atoms with Crippen molar-refractivity contribution in [1.82, 2.24) is 9.80 Å². The van der Waals surface area contributed by atoms with Crippen LogP contribution in [-0.2, 0) is 9.53 Å². The van der Waals surface area contributed by atoms with Crippen LogP contribution in [0.1, 0.15) is 26.7 Å². The number of carbonyl (C=O) groups excluding carboxylic acids is 1. The first-order valence-corrected chi connectivity index (χ1v) is 7.27. The predicted molar refractivity (Wildman–Crippen MR) is 80.1 cm³/mol. The van der Waals surface area contributed by atoms with Gasteiger partial charge in [0, 0.05) is 33.3 Å². The van der Waals surface area contributed by atoms with Gasteiger partial charge in [-0.3, -0.25) is 9.69 Å². The van der Waals surface area contributed by atoms with Crippen molar-refractivity contribution in [3.63, 3.8) is 0 Å². The van der Waals surface area contributed by atoms with Crippen LogP contribution < -0.4 is 5.73 Å². The summed E-state index contributed by atoms with van der Waals surface area (Å²) in [4.78, 5) is 16.7. The van der Waals surface area contributed by atoms with E-state index in [9.17, 15) is 4.79 Å². The standard InChI is InChI=1S/C13H25N3O2S/c1-4-5-11(12(14)19)15-6-8-16(9-7-15)13(17)10(2)18-3/h10-11H,4-9H2,1-3H3,(H2,14,19). The summed E-state index contributed by atoms with van der Waals surface area (Å²) in [6, 6.07) is 0.164. The number of ether oxygens (including phenoxy) is 1. The van der Waals surface area contributed by atoms with Gasteiger partial charge >= 0.3 is 0 Å². The smallest absolute Gasteiger partial charge is 0.251 e. The predicted octanol–water partition coefficient (Wildman–Crippen LogP) is 0.620. The van der Waals surface area contributed by atoms with Crippen LogP contribution >= 0.6 is 12.2 Å². The van der Waals surface area contributed by atoms with E-state index in [0.717, 1.165) is 39.0 Å². The van der Waals surface area contributed by atoms with Gasteiger partial charge in [0.25, 0.3) is 5.91 Å². The average Bonchev–Trinajstić information content (AvgIpc) is 2.43. The third-order valence-corrected chi connectivity index (χ3v) is 3.93. The number of rotatable bonds is 6. The lowest BCUT2D eigenvalue weighted by Crippen LogP contribution is -2.56. The fraction of sp³-hybridized carbons (Fsp3) is 0.846. The summed E-state index contributed by atoms with van der Waals surface area (Å²) >= 11 is 5.14. The maximum atomic E-state index is 12.0. The number of hydrogen-bond acceptors (Lipinski definition) is 4. The molecule has 1 aliphatic rings. The molecule has 110 valence electrons. The van der Waals surface area contributed by atoms with Crippen molar-refractivity contribution in [3.8, 4) is 0 Å². The van der Waals surface area contributed by atoms with E-state index < -0.39 is 0 Å². The van der Waals surface area contributed by atoms with Gasteiger partial charge in [0.2, 0.25) is 0 Å². The first-order valence-electron chi connectivity index (χ1n) is 6.86. The Morgan fingerprint density at radius 1 is 1.37 bits per heavy atom. The third-order valence-electron chi connectivity index (χ3n) is 3.66. The van der Waals surface area contributed by atoms with Crippen LogP contribution in [0.3, 0.4) is 0 Å². The number of piperazine rings is 1. The van der Waals surface area contributed by atoms with Crippen molar-refractivity contribution < 1.29 is 9.53 Å². The number of methoxy groups -OCH3 is 1. The zero-order chi connectivity index (χ0) is 14.4. The summed E-state index contributed by atoms with van der Waals surface area (Å²) in [6.07, 6.45) is 1.67. The topological polar surface area (TPSA) is 58.8 Å². The Morgan fingerprint density at radius 2 is 1.95 bits per heavy atom. The molecule has 0 saturated carbocycles. The first-order chi connectivity index (χ1) is 9.01. The summed E-state index contributed by atoms with van der Waals surface area (Å²) in [7, 11) is 1.56. The monoisotopic (exact) mass is 287 g/mol. The van der Waals surface area contributed by atoms with Crippen LogP contribution in [0.2, 0.25) is 0 Å². The summed E-state index contributed by atoms with van der Waals surface area (Å²) in [5.74, 6) is 0.0597. The summed E-state index contributed by atoms with van der Waals surface area (Å²) in [5, 5.41) is 0. The van der Waals surface area contributed by atoms with Gasteiger partial charge in [0.05, 0.1) is 11.0 Å². The highest BCUT2D eigenvalue weighted by Gasteiger charge is 2.28. The number of carbonyl (C=O) groups is 1. The molecule has 19 heavy (non-hydrogen) atoms. The molecule has 0 bridgehead atoms. The van der Waals surface area contributed by atoms with Crippen molar-refractivity contribution >= 4 is 23.1 Å². The molecule has 0 spiro atoms.